The Hall–Kier alpha value is -1.27. The van der Waals surface area contributed by atoms with Crippen molar-refractivity contribution in [2.24, 2.45) is 50.7 Å². The van der Waals surface area contributed by atoms with Gasteiger partial charge in [-0.05, 0) is 116 Å². The van der Waals surface area contributed by atoms with Crippen LogP contribution in [0.1, 0.15) is 106 Å². The third-order valence-electron chi connectivity index (χ3n) is 17.5. The highest BCUT2D eigenvalue weighted by Crippen LogP contribution is 2.89. The molecule has 7 aliphatic rings. The van der Waals surface area contributed by atoms with Gasteiger partial charge in [0.05, 0.1) is 25.4 Å². The number of fused-ring (bicyclic) bond motifs is 2. The Morgan fingerprint density at radius 3 is 2.07 bits per heavy atom. The number of ether oxygens (including phenoxy) is 4. The van der Waals surface area contributed by atoms with E-state index in [0.29, 0.717) is 42.1 Å². The van der Waals surface area contributed by atoms with Crippen molar-refractivity contribution in [3.05, 3.63) is 11.6 Å². The molecule has 7 fully saturated rings. The number of carbonyl (C=O) groups is 1. The lowest BCUT2D eigenvalue weighted by Crippen LogP contribution is -2.65. The van der Waals surface area contributed by atoms with Crippen molar-refractivity contribution in [3.8, 4) is 0 Å². The summed E-state index contributed by atoms with van der Waals surface area (Å²) in [6, 6.07) is 0. The third-order valence-corrected chi connectivity index (χ3v) is 17.5. The van der Waals surface area contributed by atoms with Crippen molar-refractivity contribution >= 4 is 5.97 Å². The summed E-state index contributed by atoms with van der Waals surface area (Å²) in [6.45, 7) is 11.9. The Labute approximate surface area is 330 Å². The maximum absolute atomic E-state index is 12.3. The first-order valence-corrected chi connectivity index (χ1v) is 21.1. The number of allylic oxidation sites excluding steroid dienone is 1. The first-order valence-electron chi connectivity index (χ1n) is 21.1. The summed E-state index contributed by atoms with van der Waals surface area (Å²) in [5.74, 6) is 0.619. The molecule has 320 valence electrons. The predicted octanol–water partition coefficient (Wildman–Crippen LogP) is 1.85. The fourth-order valence-corrected chi connectivity index (χ4v) is 14.3. The van der Waals surface area contributed by atoms with E-state index < -0.39 is 86.7 Å². The molecule has 9 N–H and O–H groups in total. The topological polar surface area (TPSA) is 236 Å². The summed E-state index contributed by atoms with van der Waals surface area (Å²) in [5, 5.41) is 95.0. The molecule has 14 nitrogen and oxygen atoms in total. The highest BCUT2D eigenvalue weighted by Gasteiger charge is 2.83. The summed E-state index contributed by atoms with van der Waals surface area (Å²) in [4.78, 5) is 11.4. The predicted molar refractivity (Wildman–Crippen MR) is 199 cm³/mol. The Morgan fingerprint density at radius 2 is 1.41 bits per heavy atom. The van der Waals surface area contributed by atoms with Crippen LogP contribution in [-0.2, 0) is 23.7 Å². The lowest BCUT2D eigenvalue weighted by Gasteiger charge is -2.65. The molecule has 0 amide bonds. The van der Waals surface area contributed by atoms with Gasteiger partial charge < -0.3 is 64.9 Å². The molecule has 2 heterocycles. The molecule has 14 heteroatoms. The van der Waals surface area contributed by atoms with Crippen LogP contribution in [0.5, 0.6) is 0 Å². The normalized spacial score (nSPS) is 53.0. The van der Waals surface area contributed by atoms with Gasteiger partial charge in [0.25, 0.3) is 0 Å². The summed E-state index contributed by atoms with van der Waals surface area (Å²) in [5.41, 5.74) is -0.119. The molecular weight excluding hydrogens is 728 g/mol. The quantitative estimate of drug-likeness (QED) is 0.107. The second-order valence-corrected chi connectivity index (χ2v) is 20.0. The molecule has 2 spiro atoms. The number of aliphatic hydroxyl groups is 8. The molecule has 0 bridgehead atoms. The molecule has 0 aromatic rings. The largest absolute Gasteiger partial charge is 0.478 e. The molecule has 20 atom stereocenters. The van der Waals surface area contributed by atoms with Crippen molar-refractivity contribution in [3.63, 3.8) is 0 Å². The molecule has 2 aliphatic heterocycles. The second kappa shape index (κ2) is 15.0. The Morgan fingerprint density at radius 1 is 0.786 bits per heavy atom. The van der Waals surface area contributed by atoms with Crippen molar-refractivity contribution < 1.29 is 69.7 Å². The smallest absolute Gasteiger partial charge is 0.330 e. The first-order chi connectivity index (χ1) is 26.2. The fourth-order valence-electron chi connectivity index (χ4n) is 14.3. The molecular formula is C42H68O14. The van der Waals surface area contributed by atoms with Crippen LogP contribution in [-0.4, -0.2) is 139 Å². The van der Waals surface area contributed by atoms with Gasteiger partial charge in [0, 0.05) is 11.0 Å². The minimum absolute atomic E-state index is 0.0217. The van der Waals surface area contributed by atoms with Crippen LogP contribution in [0.25, 0.3) is 0 Å². The molecule has 5 saturated carbocycles. The van der Waals surface area contributed by atoms with Gasteiger partial charge in [-0.1, -0.05) is 40.7 Å². The van der Waals surface area contributed by atoms with Gasteiger partial charge in [0.15, 0.2) is 12.6 Å². The Bertz CT molecular complexity index is 1490. The lowest BCUT2D eigenvalue weighted by molar-refractivity contribution is -0.367. The van der Waals surface area contributed by atoms with E-state index in [0.717, 1.165) is 51.4 Å². The van der Waals surface area contributed by atoms with Gasteiger partial charge in [-0.3, -0.25) is 0 Å². The number of hydrogen-bond donors (Lipinski definition) is 9. The summed E-state index contributed by atoms with van der Waals surface area (Å²) in [7, 11) is 0. The highest BCUT2D eigenvalue weighted by molar-refractivity contribution is 5.85. The molecule has 56 heavy (non-hydrogen) atoms. The second-order valence-electron chi connectivity index (χ2n) is 20.0. The summed E-state index contributed by atoms with van der Waals surface area (Å²) < 4.78 is 23.8. The van der Waals surface area contributed by atoms with Crippen LogP contribution in [0.4, 0.5) is 0 Å². The maximum atomic E-state index is 12.3. The minimum atomic E-state index is -1.74. The standard InChI is InChI=1S/C42H68O14/c1-20(8-7-9-21(2)35(51)52)22-12-14-39(5)26-11-10-25-38(3,4)28(13-15-41(25)19-42(26,41)16-27(45)40(22,39)6)55-36-33(50)31(48)34(24(18-44)54-36)56-37-32(49)30(47)29(46)23(17-43)53-37/h9,20,22-34,36-37,43-50H,7-8,10-19H2,1-6H3,(H,51,52)/b21-9+/t20-,22-,23?,24?,25+,26?,27?,28+,29?,30?,31?,32?,33?,34?,36?,37?,39+,40+,41-,42+/m1/s1. The van der Waals surface area contributed by atoms with E-state index in [1.54, 1.807) is 6.92 Å². The van der Waals surface area contributed by atoms with Crippen molar-refractivity contribution in [1.82, 2.24) is 0 Å². The van der Waals surface area contributed by atoms with E-state index in [4.69, 9.17) is 18.9 Å². The van der Waals surface area contributed by atoms with Crippen LogP contribution < -0.4 is 0 Å². The van der Waals surface area contributed by atoms with E-state index in [9.17, 15) is 50.8 Å². The van der Waals surface area contributed by atoms with Crippen molar-refractivity contribution in [2.45, 2.75) is 179 Å². The number of carboxylic acids is 1. The van der Waals surface area contributed by atoms with Crippen molar-refractivity contribution in [1.29, 1.82) is 0 Å². The molecule has 5 aliphatic carbocycles. The molecule has 2 saturated heterocycles. The van der Waals surface area contributed by atoms with Gasteiger partial charge in [-0.15, -0.1) is 0 Å². The van der Waals surface area contributed by atoms with Crippen LogP contribution in [0, 0.1) is 50.7 Å². The van der Waals surface area contributed by atoms with Gasteiger partial charge in [-0.25, -0.2) is 4.79 Å². The highest BCUT2D eigenvalue weighted by atomic mass is 16.7. The fraction of sp³-hybridized carbons (Fsp3) is 0.929. The number of aliphatic hydroxyl groups excluding tert-OH is 8. The van der Waals surface area contributed by atoms with Gasteiger partial charge in [0.2, 0.25) is 0 Å². The summed E-state index contributed by atoms with van der Waals surface area (Å²) in [6.07, 6.45) is -4.68. The van der Waals surface area contributed by atoms with E-state index in [2.05, 4.69) is 34.6 Å². The zero-order valence-corrected chi connectivity index (χ0v) is 33.9. The average Bonchev–Trinajstić information content (AvgIpc) is 3.72. The molecule has 0 aromatic carbocycles. The third kappa shape index (κ3) is 6.21. The van der Waals surface area contributed by atoms with E-state index in [1.165, 1.54) is 0 Å². The molecule has 7 rings (SSSR count). The van der Waals surface area contributed by atoms with E-state index in [-0.39, 0.29) is 33.2 Å². The van der Waals surface area contributed by atoms with Crippen LogP contribution in [0.2, 0.25) is 0 Å². The number of hydrogen-bond acceptors (Lipinski definition) is 13. The number of aliphatic carboxylic acids is 1. The van der Waals surface area contributed by atoms with Crippen LogP contribution >= 0.6 is 0 Å². The molecule has 0 aromatic heterocycles. The zero-order chi connectivity index (χ0) is 40.9. The van der Waals surface area contributed by atoms with Crippen LogP contribution in [0.15, 0.2) is 11.6 Å². The molecule has 12 unspecified atom stereocenters. The average molecular weight is 797 g/mol. The van der Waals surface area contributed by atoms with Gasteiger partial charge in [-0.2, -0.15) is 0 Å². The zero-order valence-electron chi connectivity index (χ0n) is 33.9. The molecule has 0 radical (unpaired) electrons. The van der Waals surface area contributed by atoms with Crippen LogP contribution in [0.3, 0.4) is 0 Å². The maximum Gasteiger partial charge on any atom is 0.330 e. The van der Waals surface area contributed by atoms with E-state index in [1.807, 2.05) is 6.08 Å². The first kappa shape index (κ1) is 42.8. The lowest BCUT2D eigenvalue weighted by atomic mass is 9.41. The Kier molecular flexibility index (Phi) is 11.5. The number of rotatable bonds is 11. The minimum Gasteiger partial charge on any atom is -0.478 e. The monoisotopic (exact) mass is 796 g/mol. The Balaban J connectivity index is 1.03. The SMILES string of the molecule is C/C(=C\CC[C@@H](C)[C@H]1CC[C@@]2(C)C3CC[C@H]4C(C)(C)[C@@H](OC5OC(CO)C(OC6OC(CO)C(O)C(O)C6O)C(O)C5O)CC[C@@]45C[C@@]35CC(O)[C@]12C)C(=O)O. The number of carboxylic acid groups (broad SMARTS) is 1. The summed E-state index contributed by atoms with van der Waals surface area (Å²) >= 11 is 0. The van der Waals surface area contributed by atoms with Gasteiger partial charge >= 0.3 is 5.97 Å². The van der Waals surface area contributed by atoms with E-state index >= 15 is 0 Å². The van der Waals surface area contributed by atoms with Gasteiger partial charge in [0.1, 0.15) is 48.8 Å². The van der Waals surface area contributed by atoms with Crippen molar-refractivity contribution in [2.75, 3.05) is 13.2 Å².